The Morgan fingerprint density at radius 1 is 1.06 bits per heavy atom. The van der Waals surface area contributed by atoms with Crippen molar-refractivity contribution in [2.45, 2.75) is 0 Å². The Labute approximate surface area is 107 Å². The van der Waals surface area contributed by atoms with E-state index in [1.165, 1.54) is 0 Å². The molecule has 17 heavy (non-hydrogen) atoms. The summed E-state index contributed by atoms with van der Waals surface area (Å²) in [6, 6.07) is 9.38. The summed E-state index contributed by atoms with van der Waals surface area (Å²) in [5.41, 5.74) is 1.83. The molecule has 2 aromatic heterocycles. The van der Waals surface area contributed by atoms with E-state index in [2.05, 4.69) is 15.0 Å². The topological polar surface area (TPSA) is 43.6 Å². The van der Waals surface area contributed by atoms with Crippen LogP contribution in [0.5, 0.6) is 0 Å². The van der Waals surface area contributed by atoms with Crippen LogP contribution in [0.4, 0.5) is 0 Å². The van der Waals surface area contributed by atoms with E-state index in [9.17, 15) is 0 Å². The molecule has 3 aromatic rings. The largest absolute Gasteiger partial charge is 0.283 e. The van der Waals surface area contributed by atoms with Crippen LogP contribution in [-0.2, 0) is 0 Å². The molecule has 3 rings (SSSR count). The van der Waals surface area contributed by atoms with Crippen LogP contribution < -0.4 is 0 Å². The molecule has 4 nitrogen and oxygen atoms in total. The van der Waals surface area contributed by atoms with E-state index in [4.69, 9.17) is 23.2 Å². The summed E-state index contributed by atoms with van der Waals surface area (Å²) >= 11 is 11.6. The molecule has 0 bridgehead atoms. The summed E-state index contributed by atoms with van der Waals surface area (Å²) in [5.74, 6) is 0.601. The zero-order chi connectivity index (χ0) is 11.8. The fraction of sp³-hybridized carbons (Fsp3) is 0. The second kappa shape index (κ2) is 3.98. The lowest BCUT2D eigenvalue weighted by atomic mass is 10.3. The van der Waals surface area contributed by atoms with Gasteiger partial charge in [-0.1, -0.05) is 23.7 Å². The number of fused-ring (bicyclic) bond motifs is 1. The molecule has 0 N–H and O–H groups in total. The highest BCUT2D eigenvalue weighted by atomic mass is 35.5. The normalized spacial score (nSPS) is 10.9. The quantitative estimate of drug-likeness (QED) is 0.501. The summed E-state index contributed by atoms with van der Waals surface area (Å²) in [6.45, 7) is 0. The van der Waals surface area contributed by atoms with Crippen molar-refractivity contribution in [1.82, 2.24) is 19.5 Å². The van der Waals surface area contributed by atoms with E-state index in [0.29, 0.717) is 11.0 Å². The number of para-hydroxylation sites is 2. The first-order valence-corrected chi connectivity index (χ1v) is 5.62. The Morgan fingerprint density at radius 2 is 1.88 bits per heavy atom. The van der Waals surface area contributed by atoms with Crippen LogP contribution in [0.25, 0.3) is 16.9 Å². The smallest absolute Gasteiger partial charge is 0.225 e. The monoisotopic (exact) mass is 264 g/mol. The van der Waals surface area contributed by atoms with Crippen molar-refractivity contribution in [2.75, 3.05) is 0 Å². The predicted octanol–water partition coefficient (Wildman–Crippen LogP) is 3.12. The first kappa shape index (κ1) is 10.5. The Kier molecular flexibility index (Phi) is 2.46. The molecule has 1 aromatic carbocycles. The molecule has 0 aliphatic rings. The summed E-state index contributed by atoms with van der Waals surface area (Å²) in [4.78, 5) is 12.2. The lowest BCUT2D eigenvalue weighted by Crippen LogP contribution is -1.97. The van der Waals surface area contributed by atoms with Gasteiger partial charge in [0.25, 0.3) is 0 Å². The average molecular weight is 265 g/mol. The Balaban J connectivity index is 2.27. The number of hydrogen-bond donors (Lipinski definition) is 0. The number of halogens is 2. The predicted molar refractivity (Wildman–Crippen MR) is 66.7 cm³/mol. The van der Waals surface area contributed by atoms with Gasteiger partial charge in [-0.05, 0) is 23.7 Å². The highest BCUT2D eigenvalue weighted by Crippen LogP contribution is 2.19. The molecule has 0 aliphatic heterocycles. The SMILES string of the molecule is Clc1cc(-n2cnc3ccccc32)nc(Cl)n1. The minimum absolute atomic E-state index is 0.116. The van der Waals surface area contributed by atoms with Crippen LogP contribution in [0, 0.1) is 0 Å². The van der Waals surface area contributed by atoms with E-state index < -0.39 is 0 Å². The molecule has 0 saturated carbocycles. The fourth-order valence-corrected chi connectivity index (χ4v) is 2.04. The molecule has 2 heterocycles. The third-order valence-corrected chi connectivity index (χ3v) is 2.72. The molecule has 0 saturated heterocycles. The van der Waals surface area contributed by atoms with Gasteiger partial charge in [-0.25, -0.2) is 9.97 Å². The summed E-state index contributed by atoms with van der Waals surface area (Å²) in [7, 11) is 0. The van der Waals surface area contributed by atoms with Gasteiger partial charge in [0, 0.05) is 6.07 Å². The molecule has 0 atom stereocenters. The van der Waals surface area contributed by atoms with E-state index in [0.717, 1.165) is 11.0 Å². The van der Waals surface area contributed by atoms with Gasteiger partial charge in [0.15, 0.2) is 0 Å². The Morgan fingerprint density at radius 3 is 2.71 bits per heavy atom. The first-order valence-electron chi connectivity index (χ1n) is 4.86. The molecule has 6 heteroatoms. The third-order valence-electron chi connectivity index (χ3n) is 2.35. The maximum Gasteiger partial charge on any atom is 0.225 e. The molecule has 0 fully saturated rings. The van der Waals surface area contributed by atoms with Crippen molar-refractivity contribution in [1.29, 1.82) is 0 Å². The van der Waals surface area contributed by atoms with Crippen LogP contribution in [0.3, 0.4) is 0 Å². The lowest BCUT2D eigenvalue weighted by molar-refractivity contribution is 0.995. The summed E-state index contributed by atoms with van der Waals surface area (Å²) in [6.07, 6.45) is 1.68. The molecule has 0 amide bonds. The zero-order valence-electron chi connectivity index (χ0n) is 8.51. The van der Waals surface area contributed by atoms with Gasteiger partial charge in [0.1, 0.15) is 17.3 Å². The molecular weight excluding hydrogens is 259 g/mol. The van der Waals surface area contributed by atoms with Crippen molar-refractivity contribution >= 4 is 34.2 Å². The van der Waals surface area contributed by atoms with Gasteiger partial charge in [-0.2, -0.15) is 4.98 Å². The number of rotatable bonds is 1. The fourth-order valence-electron chi connectivity index (χ4n) is 1.64. The molecule has 0 unspecified atom stereocenters. The minimum Gasteiger partial charge on any atom is -0.283 e. The molecule has 0 radical (unpaired) electrons. The zero-order valence-corrected chi connectivity index (χ0v) is 10.0. The molecule has 84 valence electrons. The highest BCUT2D eigenvalue weighted by Gasteiger charge is 2.07. The van der Waals surface area contributed by atoms with E-state index in [-0.39, 0.29) is 5.28 Å². The van der Waals surface area contributed by atoms with E-state index >= 15 is 0 Å². The lowest BCUT2D eigenvalue weighted by Gasteiger charge is -2.03. The van der Waals surface area contributed by atoms with Crippen LogP contribution >= 0.6 is 23.2 Å². The number of nitrogens with zero attached hydrogens (tertiary/aromatic N) is 4. The molecule has 0 aliphatic carbocycles. The molecular formula is C11H6Cl2N4. The number of imidazole rings is 1. The number of hydrogen-bond acceptors (Lipinski definition) is 3. The van der Waals surface area contributed by atoms with Gasteiger partial charge < -0.3 is 0 Å². The van der Waals surface area contributed by atoms with Gasteiger partial charge in [-0.15, -0.1) is 0 Å². The maximum absolute atomic E-state index is 5.85. The number of benzene rings is 1. The van der Waals surface area contributed by atoms with Crippen LogP contribution in [0.1, 0.15) is 0 Å². The van der Waals surface area contributed by atoms with Gasteiger partial charge in [0.05, 0.1) is 11.0 Å². The van der Waals surface area contributed by atoms with Crippen molar-refractivity contribution in [2.24, 2.45) is 0 Å². The van der Waals surface area contributed by atoms with E-state index in [1.54, 1.807) is 12.4 Å². The molecule has 0 spiro atoms. The van der Waals surface area contributed by atoms with Gasteiger partial charge in [0.2, 0.25) is 5.28 Å². The number of aromatic nitrogens is 4. The van der Waals surface area contributed by atoms with Crippen molar-refractivity contribution in [3.63, 3.8) is 0 Å². The van der Waals surface area contributed by atoms with Gasteiger partial charge >= 0.3 is 0 Å². The Bertz CT molecular complexity index is 673. The van der Waals surface area contributed by atoms with E-state index in [1.807, 2.05) is 28.8 Å². The summed E-state index contributed by atoms with van der Waals surface area (Å²) < 4.78 is 1.81. The highest BCUT2D eigenvalue weighted by molar-refractivity contribution is 6.31. The van der Waals surface area contributed by atoms with Crippen molar-refractivity contribution in [3.8, 4) is 5.82 Å². The third kappa shape index (κ3) is 1.85. The van der Waals surface area contributed by atoms with Crippen LogP contribution in [-0.4, -0.2) is 19.5 Å². The van der Waals surface area contributed by atoms with Crippen molar-refractivity contribution in [3.05, 3.63) is 47.1 Å². The Hall–Kier alpha value is -1.65. The first-order chi connectivity index (χ1) is 8.24. The van der Waals surface area contributed by atoms with Crippen LogP contribution in [0.15, 0.2) is 36.7 Å². The van der Waals surface area contributed by atoms with Crippen molar-refractivity contribution < 1.29 is 0 Å². The standard InChI is InChI=1S/C11H6Cl2N4/c12-9-5-10(16-11(13)15-9)17-6-14-7-3-1-2-4-8(7)17/h1-6H. The second-order valence-corrected chi connectivity index (χ2v) is 4.15. The maximum atomic E-state index is 5.85. The summed E-state index contributed by atoms with van der Waals surface area (Å²) in [5, 5.41) is 0.420. The van der Waals surface area contributed by atoms with Gasteiger partial charge in [-0.3, -0.25) is 4.57 Å². The second-order valence-electron chi connectivity index (χ2n) is 3.42. The minimum atomic E-state index is 0.116. The van der Waals surface area contributed by atoms with Crippen LogP contribution in [0.2, 0.25) is 10.4 Å². The average Bonchev–Trinajstić information content (AvgIpc) is 2.71.